The predicted octanol–water partition coefficient (Wildman–Crippen LogP) is 10.3. The van der Waals surface area contributed by atoms with Gasteiger partial charge in [0.15, 0.2) is 5.71 Å². The van der Waals surface area contributed by atoms with Gasteiger partial charge in [0.05, 0.1) is 5.41 Å². The summed E-state index contributed by atoms with van der Waals surface area (Å²) in [5, 5.41) is 18.0. The molecular weight excluding hydrogens is 815 g/mol. The van der Waals surface area contributed by atoms with Crippen molar-refractivity contribution in [3.63, 3.8) is 0 Å². The SMILES string of the molecule is CCCCCN1/C(=C/C=C/C=C/C=C/C2=[N+](CCCCC)c3ccc(C)cc3C2(C)C)C(C)(C)c2cc(C(=O)NCCCCCCCC(=O)Nc3nnc(S(N)(=O)=O)s3)ccc21. The lowest BCUT2D eigenvalue weighted by Gasteiger charge is -2.27. The molecule has 2 aromatic carbocycles. The fourth-order valence-electron chi connectivity index (χ4n) is 8.42. The van der Waals surface area contributed by atoms with Crippen LogP contribution < -0.4 is 20.7 Å². The van der Waals surface area contributed by atoms with Gasteiger partial charge in [0.1, 0.15) is 6.54 Å². The van der Waals surface area contributed by atoms with Crippen molar-refractivity contribution in [1.82, 2.24) is 15.5 Å². The van der Waals surface area contributed by atoms with Gasteiger partial charge >= 0.3 is 0 Å². The van der Waals surface area contributed by atoms with E-state index in [0.29, 0.717) is 24.9 Å². The Labute approximate surface area is 374 Å². The van der Waals surface area contributed by atoms with Crippen molar-refractivity contribution in [2.24, 2.45) is 5.14 Å². The van der Waals surface area contributed by atoms with Gasteiger partial charge in [0.2, 0.25) is 21.1 Å². The van der Waals surface area contributed by atoms with Crippen molar-refractivity contribution < 1.29 is 22.6 Å². The van der Waals surface area contributed by atoms with Gasteiger partial charge in [0, 0.05) is 66.0 Å². The van der Waals surface area contributed by atoms with Crippen LogP contribution in [-0.4, -0.2) is 60.4 Å². The number of benzene rings is 2. The molecule has 0 radical (unpaired) electrons. The van der Waals surface area contributed by atoms with E-state index in [0.717, 1.165) is 74.9 Å². The van der Waals surface area contributed by atoms with Crippen LogP contribution in [0.5, 0.6) is 0 Å². The van der Waals surface area contributed by atoms with Crippen molar-refractivity contribution >= 4 is 55.4 Å². The third-order valence-electron chi connectivity index (χ3n) is 11.9. The second-order valence-electron chi connectivity index (χ2n) is 17.5. The first kappa shape index (κ1) is 48.3. The number of hydrogen-bond acceptors (Lipinski definition) is 8. The van der Waals surface area contributed by atoms with Gasteiger partial charge in [0.25, 0.3) is 15.9 Å². The number of anilines is 2. The number of hydrogen-bond donors (Lipinski definition) is 3. The molecule has 2 amide bonds. The molecule has 3 aromatic rings. The average Bonchev–Trinajstić information content (AvgIpc) is 3.84. The first-order valence-corrected chi connectivity index (χ1v) is 24.8. The fraction of sp³-hybridized carbons (Fsp3) is 0.490. The van der Waals surface area contributed by atoms with Gasteiger partial charge in [-0.05, 0) is 82.4 Å². The molecule has 62 heavy (non-hydrogen) atoms. The molecular formula is C49H68N7O4S2+. The highest BCUT2D eigenvalue weighted by Crippen LogP contribution is 2.48. The van der Waals surface area contributed by atoms with E-state index in [1.54, 1.807) is 0 Å². The Kier molecular flexibility index (Phi) is 17.2. The number of amides is 2. The fourth-order valence-corrected chi connectivity index (χ4v) is 9.77. The molecule has 0 aliphatic carbocycles. The first-order valence-electron chi connectivity index (χ1n) is 22.4. The largest absolute Gasteiger partial charge is 0.352 e. The van der Waals surface area contributed by atoms with Gasteiger partial charge in [-0.1, -0.05) is 120 Å². The second-order valence-corrected chi connectivity index (χ2v) is 20.2. The zero-order valence-corrected chi connectivity index (χ0v) is 39.6. The summed E-state index contributed by atoms with van der Waals surface area (Å²) in [5.74, 6) is -0.321. The smallest absolute Gasteiger partial charge is 0.267 e. The maximum atomic E-state index is 13.3. The zero-order chi connectivity index (χ0) is 44.9. The van der Waals surface area contributed by atoms with E-state index >= 15 is 0 Å². The Bertz CT molecular complexity index is 2320. The van der Waals surface area contributed by atoms with Gasteiger partial charge in [-0.25, -0.2) is 13.6 Å². The Balaban J connectivity index is 1.15. The normalized spacial score (nSPS) is 16.3. The maximum absolute atomic E-state index is 13.3. The summed E-state index contributed by atoms with van der Waals surface area (Å²) in [6.45, 7) is 18.4. The van der Waals surface area contributed by atoms with Crippen LogP contribution in [0.4, 0.5) is 16.5 Å². The van der Waals surface area contributed by atoms with Crippen molar-refractivity contribution in [3.05, 3.63) is 107 Å². The number of primary sulfonamides is 1. The number of allylic oxidation sites excluding steroid dienone is 8. The first-order chi connectivity index (χ1) is 29.6. The van der Waals surface area contributed by atoms with Crippen LogP contribution in [0.1, 0.15) is 146 Å². The van der Waals surface area contributed by atoms with Gasteiger partial charge in [-0.3, -0.25) is 9.59 Å². The molecule has 11 nitrogen and oxygen atoms in total. The van der Waals surface area contributed by atoms with E-state index in [-0.39, 0.29) is 32.1 Å². The average molecular weight is 883 g/mol. The minimum Gasteiger partial charge on any atom is -0.352 e. The van der Waals surface area contributed by atoms with Crippen molar-refractivity contribution in [3.8, 4) is 0 Å². The predicted molar refractivity (Wildman–Crippen MR) is 255 cm³/mol. The van der Waals surface area contributed by atoms with Crippen LogP contribution in [-0.2, 0) is 25.6 Å². The molecule has 2 aliphatic heterocycles. The van der Waals surface area contributed by atoms with Gasteiger partial charge in [-0.2, -0.15) is 4.58 Å². The molecule has 0 spiro atoms. The van der Waals surface area contributed by atoms with Gasteiger partial charge < -0.3 is 15.5 Å². The lowest BCUT2D eigenvalue weighted by atomic mass is 9.81. The molecule has 0 bridgehead atoms. The summed E-state index contributed by atoms with van der Waals surface area (Å²) in [6, 6.07) is 13.0. The summed E-state index contributed by atoms with van der Waals surface area (Å²) < 4.78 is 24.9. The summed E-state index contributed by atoms with van der Waals surface area (Å²) in [5.41, 5.74) is 9.27. The van der Waals surface area contributed by atoms with Crippen LogP contribution in [0.25, 0.3) is 0 Å². The molecule has 0 atom stereocenters. The van der Waals surface area contributed by atoms with Gasteiger partial charge in [-0.15, -0.1) is 10.2 Å². The number of carbonyl (C=O) groups is 2. The number of fused-ring (bicyclic) bond motifs is 2. The molecule has 3 heterocycles. The molecule has 5 rings (SSSR count). The number of unbranched alkanes of at least 4 members (excludes halogenated alkanes) is 8. The Morgan fingerprint density at radius 3 is 2.27 bits per heavy atom. The standard InChI is InChI=1S/C49H67N7O4S2/c1-8-10-22-32-55-40-29-27-36(3)34-38(40)48(4,5)42(55)24-18-14-12-15-19-25-43-49(6,7)39-35-37(28-30-41(39)56(43)33-23-11-9-2)45(58)51-31-21-17-13-16-20-26-44(57)52-46-53-54-47(61-46)62(50,59)60/h12,14-15,18-19,24-25,27-30,34-35H,8-11,13,16-17,20-23,26,31-33H2,1-7H3,(H3-,50,51,52,53,57,58,59,60)/p+1. The number of aromatic nitrogens is 2. The Morgan fingerprint density at radius 2 is 1.53 bits per heavy atom. The van der Waals surface area contributed by atoms with E-state index in [4.69, 9.17) is 5.14 Å². The molecule has 0 unspecified atom stereocenters. The minimum atomic E-state index is -3.95. The Hall–Kier alpha value is -4.72. The third kappa shape index (κ3) is 12.3. The summed E-state index contributed by atoms with van der Waals surface area (Å²) in [6.07, 6.45) is 26.7. The number of carbonyl (C=O) groups excluding carboxylic acids is 2. The van der Waals surface area contributed by atoms with Crippen LogP contribution in [0.2, 0.25) is 0 Å². The number of nitrogens with zero attached hydrogens (tertiary/aromatic N) is 4. The number of nitrogens with one attached hydrogen (secondary N) is 2. The summed E-state index contributed by atoms with van der Waals surface area (Å²) in [7, 11) is -3.95. The highest BCUT2D eigenvalue weighted by molar-refractivity contribution is 7.91. The maximum Gasteiger partial charge on any atom is 0.267 e. The van der Waals surface area contributed by atoms with Crippen LogP contribution in [0.3, 0.4) is 0 Å². The molecule has 4 N–H and O–H groups in total. The van der Waals surface area contributed by atoms with Crippen LogP contribution >= 0.6 is 11.3 Å². The van der Waals surface area contributed by atoms with Crippen LogP contribution in [0, 0.1) is 6.92 Å². The molecule has 0 saturated carbocycles. The van der Waals surface area contributed by atoms with E-state index in [1.807, 2.05) is 6.07 Å². The number of sulfonamides is 1. The van der Waals surface area contributed by atoms with E-state index in [1.165, 1.54) is 53.2 Å². The van der Waals surface area contributed by atoms with E-state index < -0.39 is 10.0 Å². The molecule has 13 heteroatoms. The number of aryl methyl sites for hydroxylation is 1. The van der Waals surface area contributed by atoms with Crippen LogP contribution in [0.15, 0.2) is 89.0 Å². The summed E-state index contributed by atoms with van der Waals surface area (Å²) in [4.78, 5) is 28.0. The van der Waals surface area contributed by atoms with Crippen molar-refractivity contribution in [2.75, 3.05) is 29.9 Å². The highest BCUT2D eigenvalue weighted by Gasteiger charge is 2.44. The minimum absolute atomic E-state index is 0.0635. The molecule has 1 aromatic heterocycles. The third-order valence-corrected chi connectivity index (χ3v) is 14.0. The van der Waals surface area contributed by atoms with Crippen molar-refractivity contribution in [1.29, 1.82) is 0 Å². The Morgan fingerprint density at radius 1 is 0.823 bits per heavy atom. The van der Waals surface area contributed by atoms with Crippen molar-refractivity contribution in [2.45, 2.75) is 141 Å². The molecule has 334 valence electrons. The van der Waals surface area contributed by atoms with E-state index in [2.05, 4.69) is 152 Å². The topological polar surface area (TPSA) is 150 Å². The summed E-state index contributed by atoms with van der Waals surface area (Å²) >= 11 is 0.725. The lowest BCUT2D eigenvalue weighted by Crippen LogP contribution is -2.28. The monoisotopic (exact) mass is 882 g/mol. The molecule has 2 aliphatic rings. The zero-order valence-electron chi connectivity index (χ0n) is 37.9. The lowest BCUT2D eigenvalue weighted by molar-refractivity contribution is -0.438. The number of nitrogens with two attached hydrogens (primary N) is 1. The van der Waals surface area contributed by atoms with E-state index in [9.17, 15) is 18.0 Å². The molecule has 0 fully saturated rings. The number of rotatable bonds is 23. The quantitative estimate of drug-likeness (QED) is 0.0371. The molecule has 0 saturated heterocycles. The highest BCUT2D eigenvalue weighted by atomic mass is 32.2. The second kappa shape index (κ2) is 22.1.